The summed E-state index contributed by atoms with van der Waals surface area (Å²) in [5.74, 6) is 0. The van der Waals surface area contributed by atoms with Gasteiger partial charge in [-0.15, -0.1) is 0 Å². The van der Waals surface area contributed by atoms with Crippen LogP contribution in [0.1, 0.15) is 41.4 Å². The fourth-order valence-electron chi connectivity index (χ4n) is 3.39. The Morgan fingerprint density at radius 3 is 2.88 bits per heavy atom. The number of rotatable bonds is 2. The summed E-state index contributed by atoms with van der Waals surface area (Å²) in [4.78, 5) is 4.39. The van der Waals surface area contributed by atoms with Gasteiger partial charge in [0, 0.05) is 17.3 Å². The molecule has 1 aliphatic rings. The second-order valence-corrected chi connectivity index (χ2v) is 6.30. The van der Waals surface area contributed by atoms with Crippen LogP contribution in [0, 0.1) is 11.3 Å². The number of nitriles is 1. The number of hydrogen-bond donors (Lipinski definition) is 2. The third kappa shape index (κ3) is 2.86. The lowest BCUT2D eigenvalue weighted by atomic mass is 9.91. The van der Waals surface area contributed by atoms with Gasteiger partial charge in [0.2, 0.25) is 0 Å². The Morgan fingerprint density at radius 1 is 1.27 bits per heavy atom. The number of fused-ring (bicyclic) bond motifs is 2. The number of aryl methyl sites for hydroxylation is 1. The van der Waals surface area contributed by atoms with Crippen molar-refractivity contribution in [2.45, 2.75) is 31.5 Å². The SMILES string of the molecule is N#Cc1cnc2c(c1)CCCC2Nc1ccc2n[nH]c(C(F)(F)F)c2c1. The van der Waals surface area contributed by atoms with E-state index in [9.17, 15) is 13.2 Å². The molecule has 1 aromatic carbocycles. The fraction of sp³-hybridized carbons (Fsp3) is 0.278. The number of alkyl halides is 3. The van der Waals surface area contributed by atoms with E-state index in [1.165, 1.54) is 12.3 Å². The zero-order chi connectivity index (χ0) is 18.3. The molecule has 0 saturated carbocycles. The van der Waals surface area contributed by atoms with Crippen molar-refractivity contribution < 1.29 is 13.2 Å². The van der Waals surface area contributed by atoms with Gasteiger partial charge < -0.3 is 5.32 Å². The van der Waals surface area contributed by atoms with Gasteiger partial charge in [-0.05, 0) is 49.1 Å². The van der Waals surface area contributed by atoms with Crippen molar-refractivity contribution in [3.8, 4) is 6.07 Å². The van der Waals surface area contributed by atoms with Crippen LogP contribution in [0.25, 0.3) is 10.9 Å². The average Bonchev–Trinajstić information content (AvgIpc) is 3.05. The first-order valence-electron chi connectivity index (χ1n) is 8.16. The lowest BCUT2D eigenvalue weighted by Crippen LogP contribution is -2.19. The minimum Gasteiger partial charge on any atom is -0.377 e. The molecule has 0 radical (unpaired) electrons. The summed E-state index contributed by atoms with van der Waals surface area (Å²) < 4.78 is 39.2. The van der Waals surface area contributed by atoms with Crippen LogP contribution in [0.4, 0.5) is 18.9 Å². The number of halogens is 3. The molecule has 0 amide bonds. The van der Waals surface area contributed by atoms with Crippen molar-refractivity contribution in [2.75, 3.05) is 5.32 Å². The van der Waals surface area contributed by atoms with Crippen LogP contribution in [0.2, 0.25) is 0 Å². The molecule has 0 bridgehead atoms. The van der Waals surface area contributed by atoms with E-state index in [-0.39, 0.29) is 16.9 Å². The average molecular weight is 357 g/mol. The number of nitrogens with one attached hydrogen (secondary N) is 2. The molecule has 2 aromatic heterocycles. The summed E-state index contributed by atoms with van der Waals surface area (Å²) in [5.41, 5.74) is 2.36. The molecule has 4 rings (SSSR count). The molecule has 0 aliphatic heterocycles. The monoisotopic (exact) mass is 357 g/mol. The smallest absolute Gasteiger partial charge is 0.377 e. The largest absolute Gasteiger partial charge is 0.433 e. The summed E-state index contributed by atoms with van der Waals surface area (Å²) >= 11 is 0. The maximum absolute atomic E-state index is 13.1. The van der Waals surface area contributed by atoms with Crippen molar-refractivity contribution in [1.82, 2.24) is 15.2 Å². The number of H-pyrrole nitrogens is 1. The molecule has 8 heteroatoms. The normalized spacial score (nSPS) is 16.9. The number of benzene rings is 1. The van der Waals surface area contributed by atoms with Crippen LogP contribution in [0.15, 0.2) is 30.5 Å². The van der Waals surface area contributed by atoms with Crippen LogP contribution in [0.3, 0.4) is 0 Å². The Balaban J connectivity index is 1.67. The van der Waals surface area contributed by atoms with E-state index in [1.807, 2.05) is 6.07 Å². The first-order chi connectivity index (χ1) is 12.5. The summed E-state index contributed by atoms with van der Waals surface area (Å²) in [5, 5.41) is 18.1. The zero-order valence-corrected chi connectivity index (χ0v) is 13.6. The molecule has 3 aromatic rings. The van der Waals surface area contributed by atoms with Gasteiger partial charge in [-0.3, -0.25) is 10.1 Å². The topological polar surface area (TPSA) is 77.4 Å². The van der Waals surface area contributed by atoms with Crippen molar-refractivity contribution >= 4 is 16.6 Å². The third-order valence-electron chi connectivity index (χ3n) is 4.58. The Kier molecular flexibility index (Phi) is 3.80. The predicted molar refractivity (Wildman–Crippen MR) is 89.3 cm³/mol. The van der Waals surface area contributed by atoms with Crippen molar-refractivity contribution in [3.05, 3.63) is 53.0 Å². The van der Waals surface area contributed by atoms with E-state index in [2.05, 4.69) is 26.6 Å². The molecule has 0 fully saturated rings. The number of hydrogen-bond acceptors (Lipinski definition) is 4. The minimum atomic E-state index is -4.49. The maximum Gasteiger partial charge on any atom is 0.433 e. The summed E-state index contributed by atoms with van der Waals surface area (Å²) in [6.07, 6.45) is -0.376. The molecule has 26 heavy (non-hydrogen) atoms. The number of anilines is 1. The predicted octanol–water partition coefficient (Wildman–Crippen LogP) is 4.34. The number of aromatic nitrogens is 3. The number of nitrogens with zero attached hydrogens (tertiary/aromatic N) is 3. The third-order valence-corrected chi connectivity index (χ3v) is 4.58. The highest BCUT2D eigenvalue weighted by Crippen LogP contribution is 2.36. The molecule has 0 saturated heterocycles. The van der Waals surface area contributed by atoms with Crippen LogP contribution in [0.5, 0.6) is 0 Å². The second kappa shape index (κ2) is 6.02. The van der Waals surface area contributed by atoms with E-state index in [4.69, 9.17) is 5.26 Å². The first-order valence-corrected chi connectivity index (χ1v) is 8.16. The number of aromatic amines is 1. The maximum atomic E-state index is 13.1. The van der Waals surface area contributed by atoms with Gasteiger partial charge in [0.15, 0.2) is 0 Å². The minimum absolute atomic E-state index is 0.0336. The van der Waals surface area contributed by atoms with Crippen LogP contribution < -0.4 is 5.32 Å². The van der Waals surface area contributed by atoms with Crippen molar-refractivity contribution in [3.63, 3.8) is 0 Å². The van der Waals surface area contributed by atoms with E-state index in [0.29, 0.717) is 11.3 Å². The fourth-order valence-corrected chi connectivity index (χ4v) is 3.39. The molecule has 5 nitrogen and oxygen atoms in total. The highest BCUT2D eigenvalue weighted by Gasteiger charge is 2.35. The van der Waals surface area contributed by atoms with Crippen molar-refractivity contribution in [1.29, 1.82) is 5.26 Å². The second-order valence-electron chi connectivity index (χ2n) is 6.30. The van der Waals surface area contributed by atoms with Crippen LogP contribution in [-0.4, -0.2) is 15.2 Å². The Labute approximate surface area is 146 Å². The van der Waals surface area contributed by atoms with Gasteiger partial charge in [0.05, 0.1) is 22.8 Å². The lowest BCUT2D eigenvalue weighted by Gasteiger charge is -2.26. The van der Waals surface area contributed by atoms with Gasteiger partial charge >= 0.3 is 6.18 Å². The Morgan fingerprint density at radius 2 is 2.12 bits per heavy atom. The molecule has 2 heterocycles. The quantitative estimate of drug-likeness (QED) is 0.715. The van der Waals surface area contributed by atoms with Crippen molar-refractivity contribution in [2.24, 2.45) is 0 Å². The van der Waals surface area contributed by atoms with E-state index < -0.39 is 11.9 Å². The van der Waals surface area contributed by atoms with Gasteiger partial charge in [-0.25, -0.2) is 0 Å². The van der Waals surface area contributed by atoms with E-state index in [0.717, 1.165) is 30.5 Å². The van der Waals surface area contributed by atoms with Gasteiger partial charge in [-0.2, -0.15) is 23.5 Å². The van der Waals surface area contributed by atoms with Gasteiger partial charge in [0.1, 0.15) is 11.8 Å². The molecule has 1 atom stereocenters. The highest BCUT2D eigenvalue weighted by molar-refractivity contribution is 5.85. The zero-order valence-electron chi connectivity index (χ0n) is 13.6. The van der Waals surface area contributed by atoms with E-state index >= 15 is 0 Å². The highest BCUT2D eigenvalue weighted by atomic mass is 19.4. The number of pyridine rings is 1. The summed E-state index contributed by atoms with van der Waals surface area (Å²) in [7, 11) is 0. The van der Waals surface area contributed by atoms with Crippen LogP contribution >= 0.6 is 0 Å². The Bertz CT molecular complexity index is 1020. The standard InChI is InChI=1S/C18H14F3N5/c19-18(20,21)17-13-7-12(4-5-14(13)25-26-17)24-15-3-1-2-11-6-10(8-22)9-23-16(11)15/h4-7,9,15,24H,1-3H2,(H,25,26). The first kappa shape index (κ1) is 16.4. The van der Waals surface area contributed by atoms with E-state index in [1.54, 1.807) is 12.1 Å². The molecule has 1 aliphatic carbocycles. The molecule has 132 valence electrons. The van der Waals surface area contributed by atoms with Gasteiger partial charge in [0.25, 0.3) is 0 Å². The summed E-state index contributed by atoms with van der Waals surface area (Å²) in [6.45, 7) is 0. The molecular weight excluding hydrogens is 343 g/mol. The molecular formula is C18H14F3N5. The van der Waals surface area contributed by atoms with Gasteiger partial charge in [-0.1, -0.05) is 0 Å². The lowest BCUT2D eigenvalue weighted by molar-refractivity contribution is -0.139. The molecule has 1 unspecified atom stereocenters. The molecule has 0 spiro atoms. The summed E-state index contributed by atoms with van der Waals surface area (Å²) in [6, 6.07) is 8.53. The van der Waals surface area contributed by atoms with Crippen LogP contribution in [-0.2, 0) is 12.6 Å². The Hall–Kier alpha value is -3.08. The molecule has 2 N–H and O–H groups in total.